The lowest BCUT2D eigenvalue weighted by molar-refractivity contribution is -0.146. The fourth-order valence-corrected chi connectivity index (χ4v) is 9.19. The first-order valence-electron chi connectivity index (χ1n) is 27.4. The molecule has 0 fully saturated rings. The van der Waals surface area contributed by atoms with E-state index in [1.807, 2.05) is 19.1 Å². The van der Waals surface area contributed by atoms with Crippen LogP contribution in [0, 0.1) is 11.8 Å². The van der Waals surface area contributed by atoms with Crippen molar-refractivity contribution in [3.05, 3.63) is 82.4 Å². The van der Waals surface area contributed by atoms with Crippen LogP contribution in [-0.2, 0) is 57.4 Å². The fraction of sp³-hybridized carbons (Fsp3) is 0.567. The van der Waals surface area contributed by atoms with Crippen molar-refractivity contribution in [3.8, 4) is 22.6 Å². The molecule has 0 saturated heterocycles. The maximum atomic E-state index is 15.3. The van der Waals surface area contributed by atoms with Gasteiger partial charge in [-0.05, 0) is 114 Å². The highest BCUT2D eigenvalue weighted by atomic mass is 16.6. The summed E-state index contributed by atoms with van der Waals surface area (Å²) < 4.78 is 28.6. The zero-order chi connectivity index (χ0) is 57.7. The molecule has 1 heterocycles. The van der Waals surface area contributed by atoms with Crippen LogP contribution in [0.3, 0.4) is 0 Å². The summed E-state index contributed by atoms with van der Waals surface area (Å²) in [5.41, 5.74) is 7.69. The predicted octanol–water partition coefficient (Wildman–Crippen LogP) is 9.09. The van der Waals surface area contributed by atoms with Crippen LogP contribution in [0.4, 0.5) is 9.59 Å². The number of aryl methyl sites for hydroxylation is 1. The monoisotopic (exact) mass is 1080 g/mol. The molecular formula is C60H85N5O13. The molecule has 1 aliphatic heterocycles. The number of fused-ring (bicyclic) bond motifs is 5. The third-order valence-electron chi connectivity index (χ3n) is 13.0. The van der Waals surface area contributed by atoms with Gasteiger partial charge in [0.15, 0.2) is 11.6 Å². The number of hydrogen-bond donors (Lipinski definition) is 4. The van der Waals surface area contributed by atoms with Gasteiger partial charge in [0.1, 0.15) is 41.4 Å². The number of hydrogen-bond acceptors (Lipinski definition) is 13. The third kappa shape index (κ3) is 20.4. The quantitative estimate of drug-likeness (QED) is 0.0268. The average Bonchev–Trinajstić information content (AvgIpc) is 3.36. The van der Waals surface area contributed by atoms with Crippen molar-refractivity contribution in [2.45, 2.75) is 169 Å². The van der Waals surface area contributed by atoms with Crippen LogP contribution < -0.4 is 31.2 Å². The number of benzene rings is 3. The third-order valence-corrected chi connectivity index (χ3v) is 13.0. The smallest absolute Gasteiger partial charge is 0.407 e. The van der Waals surface area contributed by atoms with Crippen molar-refractivity contribution >= 4 is 47.4 Å². The number of carbonyl (C=O) groups is 8. The zero-order valence-corrected chi connectivity index (χ0v) is 47.9. The Bertz CT molecular complexity index is 2570. The number of rotatable bonds is 25. The molecule has 0 saturated carbocycles. The van der Waals surface area contributed by atoms with Gasteiger partial charge < -0.3 is 50.3 Å². The van der Waals surface area contributed by atoms with Crippen LogP contribution in [0.5, 0.6) is 11.5 Å². The van der Waals surface area contributed by atoms with Crippen molar-refractivity contribution in [2.24, 2.45) is 17.6 Å². The van der Waals surface area contributed by atoms with E-state index >= 15 is 9.59 Å². The standard InChI is InChI=1S/C60H85N5O13/c1-12-14-15-16-17-18-19-39-20-23-44(43(32-39)37-52(61)68)48(66)36-42(26-27-62-57(72)77-59(4,5)6)55(70)65(10)53-41-22-25-51(75-29-13-2)46(35-41)45-33-40(21-24-50(45)76-30-28-63-58(73)78-60(7,8)9)34-47(56(71)74-11)64-54(69)38(3)31-49(53)67/h20-25,32-33,35,38,42,47,53H,12-19,26-31,34,36-37H2,1-11H3,(H2,61,68)(H,62,72)(H,63,73)(H,64,69)/t38-,42-,47+,53+/m1/s1. The summed E-state index contributed by atoms with van der Waals surface area (Å²) in [7, 11) is 2.66. The molecule has 18 heteroatoms. The molecular weight excluding hydrogens is 999 g/mol. The highest BCUT2D eigenvalue weighted by Gasteiger charge is 2.37. The maximum Gasteiger partial charge on any atom is 0.407 e. The van der Waals surface area contributed by atoms with E-state index in [4.69, 9.17) is 29.4 Å². The topological polar surface area (TPSA) is 248 Å². The minimum atomic E-state index is -1.36. The van der Waals surface area contributed by atoms with Crippen LogP contribution in [0.1, 0.15) is 165 Å². The number of nitrogens with one attached hydrogen (secondary N) is 3. The molecule has 78 heavy (non-hydrogen) atoms. The number of amides is 5. The van der Waals surface area contributed by atoms with Gasteiger partial charge in [-0.15, -0.1) is 0 Å². The molecule has 5 amide bonds. The molecule has 0 unspecified atom stereocenters. The Morgan fingerprint density at radius 1 is 0.756 bits per heavy atom. The highest BCUT2D eigenvalue weighted by molar-refractivity contribution is 6.01. The number of ketones is 2. The average molecular weight is 1080 g/mol. The van der Waals surface area contributed by atoms with E-state index in [-0.39, 0.29) is 57.4 Å². The molecule has 1 aliphatic rings. The van der Waals surface area contributed by atoms with Crippen molar-refractivity contribution in [3.63, 3.8) is 0 Å². The second-order valence-corrected chi connectivity index (χ2v) is 22.1. The number of carbonyl (C=O) groups excluding carboxylic acids is 8. The molecule has 4 atom stereocenters. The Morgan fingerprint density at radius 3 is 2.00 bits per heavy atom. The first-order valence-corrected chi connectivity index (χ1v) is 27.4. The lowest BCUT2D eigenvalue weighted by Crippen LogP contribution is -2.46. The zero-order valence-electron chi connectivity index (χ0n) is 47.9. The summed E-state index contributed by atoms with van der Waals surface area (Å²) in [4.78, 5) is 111. The molecule has 3 aromatic rings. The van der Waals surface area contributed by atoms with Crippen molar-refractivity contribution in [2.75, 3.05) is 40.5 Å². The largest absolute Gasteiger partial charge is 0.493 e. The van der Waals surface area contributed by atoms with Crippen LogP contribution in [0.2, 0.25) is 0 Å². The van der Waals surface area contributed by atoms with E-state index in [9.17, 15) is 28.8 Å². The molecule has 0 aromatic heterocycles. The Kier molecular flexibility index (Phi) is 24.6. The summed E-state index contributed by atoms with van der Waals surface area (Å²) >= 11 is 0. The number of Topliss-reactive ketones (excluding diaryl/α,β-unsaturated/α-hetero) is 2. The van der Waals surface area contributed by atoms with Crippen LogP contribution in [0.25, 0.3) is 11.1 Å². The van der Waals surface area contributed by atoms with Crippen molar-refractivity contribution in [1.82, 2.24) is 20.9 Å². The van der Waals surface area contributed by atoms with Gasteiger partial charge in [0.2, 0.25) is 17.7 Å². The lowest BCUT2D eigenvalue weighted by atomic mass is 9.87. The minimum Gasteiger partial charge on any atom is -0.493 e. The number of unbranched alkanes of at least 4 members (excludes halogenated alkanes) is 5. The number of ether oxygens (including phenoxy) is 5. The Hall–Kier alpha value is -6.98. The minimum absolute atomic E-state index is 0.00374. The first kappa shape index (κ1) is 63.6. The van der Waals surface area contributed by atoms with Gasteiger partial charge in [-0.3, -0.25) is 24.0 Å². The normalized spacial score (nSPS) is 16.1. The number of nitrogens with two attached hydrogens (primary N) is 1. The molecule has 0 spiro atoms. The Labute approximate surface area is 460 Å². The van der Waals surface area contributed by atoms with E-state index in [2.05, 4.69) is 22.9 Å². The molecule has 18 nitrogen and oxygen atoms in total. The summed E-state index contributed by atoms with van der Waals surface area (Å²) in [6.07, 6.45) is 5.61. The number of likely N-dealkylation sites (N-methyl/N-ethyl adjacent to an activating group) is 1. The maximum absolute atomic E-state index is 15.3. The van der Waals surface area contributed by atoms with E-state index in [1.54, 1.807) is 90.9 Å². The molecule has 428 valence electrons. The Morgan fingerprint density at radius 2 is 1.37 bits per heavy atom. The second kappa shape index (κ2) is 30.2. The van der Waals surface area contributed by atoms with E-state index < -0.39 is 82.6 Å². The van der Waals surface area contributed by atoms with E-state index in [0.29, 0.717) is 52.3 Å². The van der Waals surface area contributed by atoms with Gasteiger partial charge in [-0.25, -0.2) is 14.4 Å². The molecule has 0 aliphatic carbocycles. The lowest BCUT2D eigenvalue weighted by Gasteiger charge is -2.32. The van der Waals surface area contributed by atoms with Crippen molar-refractivity contribution in [1.29, 1.82) is 0 Å². The van der Waals surface area contributed by atoms with Crippen molar-refractivity contribution < 1.29 is 62.0 Å². The fourth-order valence-electron chi connectivity index (χ4n) is 9.19. The van der Waals surface area contributed by atoms with Crippen LogP contribution in [-0.4, -0.2) is 110 Å². The van der Waals surface area contributed by atoms with Gasteiger partial charge in [-0.1, -0.05) is 83.2 Å². The number of alkyl carbamates (subject to hydrolysis) is 2. The molecule has 4 bridgehead atoms. The number of nitrogens with zero attached hydrogens (tertiary/aromatic N) is 1. The first-order chi connectivity index (χ1) is 36.8. The van der Waals surface area contributed by atoms with Gasteiger partial charge in [0.05, 0.1) is 26.7 Å². The van der Waals surface area contributed by atoms with E-state index in [0.717, 1.165) is 44.1 Å². The van der Waals surface area contributed by atoms with Crippen LogP contribution >= 0.6 is 0 Å². The van der Waals surface area contributed by atoms with Gasteiger partial charge in [0.25, 0.3) is 0 Å². The second-order valence-electron chi connectivity index (χ2n) is 22.1. The molecule has 5 N–H and O–H groups in total. The molecule has 3 aromatic carbocycles. The van der Waals surface area contributed by atoms with Gasteiger partial charge in [-0.2, -0.15) is 0 Å². The summed E-state index contributed by atoms with van der Waals surface area (Å²) in [6.45, 7) is 16.4. The Balaban J connectivity index is 1.86. The number of esters is 1. The summed E-state index contributed by atoms with van der Waals surface area (Å²) in [6, 6.07) is 13.2. The molecule has 0 radical (unpaired) electrons. The number of primary amides is 1. The summed E-state index contributed by atoms with van der Waals surface area (Å²) in [5.74, 6) is -4.92. The summed E-state index contributed by atoms with van der Waals surface area (Å²) in [5, 5.41) is 8.16. The van der Waals surface area contributed by atoms with Crippen LogP contribution in [0.15, 0.2) is 54.6 Å². The molecule has 4 rings (SSSR count). The SMILES string of the molecule is CCCCCCCCc1ccc(C(=O)C[C@@H](CCNC(=O)OC(C)(C)C)C(=O)N(C)[C@@H]2C(=O)C[C@@H](C)C(=O)N[C@H](C(=O)OC)Cc3ccc(OCCNC(=O)OC(C)(C)C)c(c3)-c3cc2ccc3OCCC)c(CC(N)=O)c1. The number of methoxy groups -OCH3 is 1. The highest BCUT2D eigenvalue weighted by Crippen LogP contribution is 2.41. The van der Waals surface area contributed by atoms with E-state index in [1.165, 1.54) is 25.5 Å². The van der Waals surface area contributed by atoms with Gasteiger partial charge in [0, 0.05) is 61.4 Å². The van der Waals surface area contributed by atoms with Gasteiger partial charge >= 0.3 is 18.2 Å². The predicted molar refractivity (Wildman–Crippen MR) is 297 cm³/mol.